The highest BCUT2D eigenvalue weighted by molar-refractivity contribution is 5.20. The second-order valence-corrected chi connectivity index (χ2v) is 3.07. The molecule has 1 heteroatoms. The van der Waals surface area contributed by atoms with Crippen molar-refractivity contribution in [2.24, 2.45) is 0 Å². The van der Waals surface area contributed by atoms with Crippen LogP contribution in [0.25, 0.3) is 0 Å². The van der Waals surface area contributed by atoms with Gasteiger partial charge in [-0.3, -0.25) is 0 Å². The molecule has 0 heterocycles. The summed E-state index contributed by atoms with van der Waals surface area (Å²) in [6.07, 6.45) is 8.16. The first-order valence-electron chi connectivity index (χ1n) is 4.83. The Morgan fingerprint density at radius 3 is 2.54 bits per heavy atom. The molecule has 0 spiro atoms. The van der Waals surface area contributed by atoms with Crippen LogP contribution in [0.3, 0.4) is 0 Å². The van der Waals surface area contributed by atoms with Crippen molar-refractivity contribution in [2.75, 3.05) is 6.61 Å². The van der Waals surface area contributed by atoms with E-state index in [4.69, 9.17) is 4.74 Å². The first kappa shape index (κ1) is 12.0. The molecule has 0 fully saturated rings. The van der Waals surface area contributed by atoms with Crippen LogP contribution >= 0.6 is 0 Å². The van der Waals surface area contributed by atoms with Gasteiger partial charge in [-0.05, 0) is 32.4 Å². The highest BCUT2D eigenvalue weighted by atomic mass is 16.5. The standard InChI is InChI=1S/C12H20O/c1-5-7-10-13-12(6-2)9-8-11(3)4/h6,8-9H,3,5,7,10H2,1-2,4H3/b9-8-,12-6+. The van der Waals surface area contributed by atoms with Crippen LogP contribution < -0.4 is 0 Å². The molecule has 0 radical (unpaired) electrons. The molecule has 0 aromatic heterocycles. The molecule has 0 amide bonds. The number of unbranched alkanes of at least 4 members (excludes halogenated alkanes) is 1. The smallest absolute Gasteiger partial charge is 0.115 e. The molecule has 1 nitrogen and oxygen atoms in total. The van der Waals surface area contributed by atoms with Crippen LogP contribution in [0.15, 0.2) is 36.1 Å². The minimum Gasteiger partial charge on any atom is -0.494 e. The van der Waals surface area contributed by atoms with E-state index in [1.807, 2.05) is 32.1 Å². The van der Waals surface area contributed by atoms with Crippen molar-refractivity contribution >= 4 is 0 Å². The maximum Gasteiger partial charge on any atom is 0.115 e. The third-order valence-electron chi connectivity index (χ3n) is 1.58. The van der Waals surface area contributed by atoms with Crippen LogP contribution in [0.4, 0.5) is 0 Å². The zero-order chi connectivity index (χ0) is 10.1. The fourth-order valence-corrected chi connectivity index (χ4v) is 0.786. The number of rotatable bonds is 6. The van der Waals surface area contributed by atoms with Gasteiger partial charge in [0.05, 0.1) is 6.61 Å². The third kappa shape index (κ3) is 7.38. The molecule has 0 aliphatic carbocycles. The Labute approximate surface area is 81.8 Å². The number of hydrogen-bond acceptors (Lipinski definition) is 1. The predicted octanol–water partition coefficient (Wildman–Crippen LogP) is 3.84. The van der Waals surface area contributed by atoms with E-state index in [1.165, 1.54) is 6.42 Å². The van der Waals surface area contributed by atoms with Crippen molar-refractivity contribution in [2.45, 2.75) is 33.6 Å². The van der Waals surface area contributed by atoms with Gasteiger partial charge in [-0.2, -0.15) is 0 Å². The Morgan fingerprint density at radius 1 is 1.38 bits per heavy atom. The van der Waals surface area contributed by atoms with Crippen LogP contribution in [-0.4, -0.2) is 6.61 Å². The van der Waals surface area contributed by atoms with Crippen LogP contribution in [0.2, 0.25) is 0 Å². The van der Waals surface area contributed by atoms with E-state index in [0.29, 0.717) is 0 Å². The van der Waals surface area contributed by atoms with Gasteiger partial charge in [-0.25, -0.2) is 0 Å². The lowest BCUT2D eigenvalue weighted by Gasteiger charge is -2.04. The Hall–Kier alpha value is -0.980. The van der Waals surface area contributed by atoms with Gasteiger partial charge in [0.15, 0.2) is 0 Å². The third-order valence-corrected chi connectivity index (χ3v) is 1.58. The fraction of sp³-hybridized carbons (Fsp3) is 0.500. The van der Waals surface area contributed by atoms with Gasteiger partial charge < -0.3 is 4.74 Å². The predicted molar refractivity (Wildman–Crippen MR) is 58.6 cm³/mol. The molecule has 0 aromatic carbocycles. The summed E-state index contributed by atoms with van der Waals surface area (Å²) in [7, 11) is 0. The van der Waals surface area contributed by atoms with E-state index < -0.39 is 0 Å². The molecule has 0 aliphatic rings. The SMILES string of the molecule is C=C(C)/C=C\C(=C/C)OCCCC. The van der Waals surface area contributed by atoms with E-state index >= 15 is 0 Å². The zero-order valence-corrected chi connectivity index (χ0v) is 8.97. The lowest BCUT2D eigenvalue weighted by molar-refractivity contribution is 0.219. The van der Waals surface area contributed by atoms with Gasteiger partial charge in [0.25, 0.3) is 0 Å². The molecule has 0 saturated carbocycles. The van der Waals surface area contributed by atoms with Crippen LogP contribution in [0, 0.1) is 0 Å². The first-order valence-corrected chi connectivity index (χ1v) is 4.83. The van der Waals surface area contributed by atoms with Gasteiger partial charge >= 0.3 is 0 Å². The van der Waals surface area contributed by atoms with E-state index in [2.05, 4.69) is 13.5 Å². The maximum absolute atomic E-state index is 5.52. The summed E-state index contributed by atoms with van der Waals surface area (Å²) in [4.78, 5) is 0. The van der Waals surface area contributed by atoms with Crippen LogP contribution in [0.1, 0.15) is 33.6 Å². The molecular weight excluding hydrogens is 160 g/mol. The lowest BCUT2D eigenvalue weighted by atomic mass is 10.3. The van der Waals surface area contributed by atoms with Crippen molar-refractivity contribution in [1.82, 2.24) is 0 Å². The van der Waals surface area contributed by atoms with E-state index in [1.54, 1.807) is 0 Å². The zero-order valence-electron chi connectivity index (χ0n) is 8.97. The summed E-state index contributed by atoms with van der Waals surface area (Å²) >= 11 is 0. The molecule has 0 bridgehead atoms. The van der Waals surface area contributed by atoms with Crippen LogP contribution in [0.5, 0.6) is 0 Å². The van der Waals surface area contributed by atoms with Gasteiger partial charge in [-0.1, -0.05) is 31.6 Å². The second kappa shape index (κ2) is 7.66. The molecular formula is C12H20O. The summed E-state index contributed by atoms with van der Waals surface area (Å²) in [6, 6.07) is 0. The van der Waals surface area contributed by atoms with Crippen molar-refractivity contribution in [3.8, 4) is 0 Å². The fourth-order valence-electron chi connectivity index (χ4n) is 0.786. The molecule has 0 unspecified atom stereocenters. The molecule has 0 N–H and O–H groups in total. The quantitative estimate of drug-likeness (QED) is 0.343. The van der Waals surface area contributed by atoms with Gasteiger partial charge in [0.2, 0.25) is 0 Å². The van der Waals surface area contributed by atoms with Crippen molar-refractivity contribution in [1.29, 1.82) is 0 Å². The summed E-state index contributed by atoms with van der Waals surface area (Å²) in [5, 5.41) is 0. The molecule has 13 heavy (non-hydrogen) atoms. The summed E-state index contributed by atoms with van der Waals surface area (Å²) in [6.45, 7) is 10.7. The molecule has 0 aromatic rings. The summed E-state index contributed by atoms with van der Waals surface area (Å²) < 4.78 is 5.52. The molecule has 0 atom stereocenters. The van der Waals surface area contributed by atoms with E-state index in [9.17, 15) is 0 Å². The molecule has 74 valence electrons. The first-order chi connectivity index (χ1) is 6.20. The highest BCUT2D eigenvalue weighted by Gasteiger charge is 1.90. The van der Waals surface area contributed by atoms with Crippen molar-refractivity contribution in [3.63, 3.8) is 0 Å². The Balaban J connectivity index is 3.84. The normalized spacial score (nSPS) is 12.1. The molecule has 0 aliphatic heterocycles. The molecule has 0 rings (SSSR count). The Bertz CT molecular complexity index is 199. The van der Waals surface area contributed by atoms with Gasteiger partial charge in [0, 0.05) is 0 Å². The number of allylic oxidation sites excluding steroid dienone is 4. The minimum absolute atomic E-state index is 0.802. The van der Waals surface area contributed by atoms with Crippen LogP contribution in [-0.2, 0) is 4.74 Å². The van der Waals surface area contributed by atoms with Gasteiger partial charge in [0.1, 0.15) is 5.76 Å². The number of ether oxygens (including phenoxy) is 1. The maximum atomic E-state index is 5.52. The highest BCUT2D eigenvalue weighted by Crippen LogP contribution is 2.03. The average molecular weight is 180 g/mol. The van der Waals surface area contributed by atoms with E-state index in [0.717, 1.165) is 24.4 Å². The average Bonchev–Trinajstić information content (AvgIpc) is 2.10. The van der Waals surface area contributed by atoms with Crippen molar-refractivity contribution in [3.05, 3.63) is 36.1 Å². The Morgan fingerprint density at radius 2 is 2.08 bits per heavy atom. The van der Waals surface area contributed by atoms with E-state index in [-0.39, 0.29) is 0 Å². The monoisotopic (exact) mass is 180 g/mol. The number of hydrogen-bond donors (Lipinski definition) is 0. The lowest BCUT2D eigenvalue weighted by Crippen LogP contribution is -1.91. The summed E-state index contributed by atoms with van der Waals surface area (Å²) in [5.41, 5.74) is 1.04. The largest absolute Gasteiger partial charge is 0.494 e. The summed E-state index contributed by atoms with van der Waals surface area (Å²) in [5.74, 6) is 0.927. The van der Waals surface area contributed by atoms with Gasteiger partial charge in [-0.15, -0.1) is 0 Å². The minimum atomic E-state index is 0.802. The van der Waals surface area contributed by atoms with Crippen molar-refractivity contribution < 1.29 is 4.74 Å². The topological polar surface area (TPSA) is 9.23 Å². The molecule has 0 saturated heterocycles. The Kier molecular flexibility index (Phi) is 7.08. The second-order valence-electron chi connectivity index (χ2n) is 3.07.